The number of hydrogen-bond acceptors (Lipinski definition) is 7. The maximum absolute atomic E-state index is 6.57. The summed E-state index contributed by atoms with van der Waals surface area (Å²) in [6, 6.07) is 23.3. The van der Waals surface area contributed by atoms with E-state index in [1.807, 2.05) is 91.2 Å². The molecule has 2 heterocycles. The number of aryl methyl sites for hydroxylation is 1. The molecule has 0 radical (unpaired) electrons. The molecule has 2 aromatic heterocycles. The second-order valence-electron chi connectivity index (χ2n) is 7.71. The normalized spacial score (nSPS) is 11.1. The van der Waals surface area contributed by atoms with Crippen LogP contribution in [0.25, 0.3) is 28.5 Å². The number of thioether (sulfide) groups is 1. The molecule has 3 aromatic carbocycles. The van der Waals surface area contributed by atoms with Crippen LogP contribution in [0.1, 0.15) is 18.4 Å². The highest BCUT2D eigenvalue weighted by Gasteiger charge is 2.19. The minimum absolute atomic E-state index is 0.435. The monoisotopic (exact) mass is 503 g/mol. The van der Waals surface area contributed by atoms with Crippen molar-refractivity contribution >= 4 is 23.4 Å². The molecule has 0 bridgehead atoms. The van der Waals surface area contributed by atoms with Gasteiger partial charge in [-0.2, -0.15) is 0 Å². The zero-order chi connectivity index (χ0) is 24.2. The van der Waals surface area contributed by atoms with Crippen molar-refractivity contribution in [2.75, 3.05) is 6.61 Å². The fourth-order valence-corrected chi connectivity index (χ4v) is 4.52. The highest BCUT2D eigenvalue weighted by atomic mass is 35.5. The van der Waals surface area contributed by atoms with Crippen molar-refractivity contribution < 1.29 is 9.15 Å². The van der Waals surface area contributed by atoms with Gasteiger partial charge in [-0.3, -0.25) is 4.57 Å². The molecule has 0 N–H and O–H groups in total. The first-order chi connectivity index (χ1) is 17.1. The molecule has 0 aliphatic carbocycles. The van der Waals surface area contributed by atoms with Gasteiger partial charge in [0.15, 0.2) is 11.0 Å². The van der Waals surface area contributed by atoms with E-state index in [9.17, 15) is 0 Å². The lowest BCUT2D eigenvalue weighted by molar-refractivity contribution is 0.340. The summed E-state index contributed by atoms with van der Waals surface area (Å²) in [7, 11) is 0. The van der Waals surface area contributed by atoms with E-state index in [2.05, 4.69) is 20.4 Å². The molecule has 0 spiro atoms. The topological polar surface area (TPSA) is 78.9 Å². The summed E-state index contributed by atoms with van der Waals surface area (Å²) in [6.07, 6.45) is 0. The second kappa shape index (κ2) is 10.3. The van der Waals surface area contributed by atoms with Gasteiger partial charge in [-0.25, -0.2) is 0 Å². The second-order valence-corrected chi connectivity index (χ2v) is 9.06. The number of nitrogens with zero attached hydrogens (tertiary/aromatic N) is 5. The molecule has 9 heteroatoms. The largest absolute Gasteiger partial charge is 0.494 e. The molecule has 0 amide bonds. The Morgan fingerprint density at radius 2 is 1.63 bits per heavy atom. The van der Waals surface area contributed by atoms with Gasteiger partial charge >= 0.3 is 0 Å². The first-order valence-electron chi connectivity index (χ1n) is 11.1. The summed E-state index contributed by atoms with van der Waals surface area (Å²) in [5.74, 6) is 2.90. The Bertz CT molecular complexity index is 1430. The molecule has 0 fully saturated rings. The maximum atomic E-state index is 6.57. The van der Waals surface area contributed by atoms with E-state index in [1.54, 1.807) is 0 Å². The van der Waals surface area contributed by atoms with E-state index < -0.39 is 0 Å². The van der Waals surface area contributed by atoms with Crippen molar-refractivity contribution in [1.29, 1.82) is 0 Å². The quantitative estimate of drug-likeness (QED) is 0.220. The standard InChI is InChI=1S/C26H22ClN5O2S/c1-3-33-20-14-12-18(13-15-20)24-29-31-26(32(24)22-7-5-4-6-21(22)27)35-16-23-28-30-25(34-23)19-10-8-17(2)9-11-19/h4-15H,3,16H2,1-2H3. The zero-order valence-corrected chi connectivity index (χ0v) is 20.8. The lowest BCUT2D eigenvalue weighted by atomic mass is 10.1. The number of ether oxygens (including phenoxy) is 1. The van der Waals surface area contributed by atoms with Crippen molar-refractivity contribution in [3.05, 3.63) is 89.3 Å². The highest BCUT2D eigenvalue weighted by molar-refractivity contribution is 7.98. The molecule has 5 rings (SSSR count). The van der Waals surface area contributed by atoms with Gasteiger partial charge in [0.1, 0.15) is 5.75 Å². The molecule has 5 aromatic rings. The number of para-hydroxylation sites is 1. The molecule has 7 nitrogen and oxygen atoms in total. The molecule has 0 unspecified atom stereocenters. The lowest BCUT2D eigenvalue weighted by Crippen LogP contribution is -2.01. The number of aromatic nitrogens is 5. The van der Waals surface area contributed by atoms with Crippen molar-refractivity contribution in [2.45, 2.75) is 24.8 Å². The van der Waals surface area contributed by atoms with Crippen LogP contribution < -0.4 is 4.74 Å². The summed E-state index contributed by atoms with van der Waals surface area (Å²) in [5, 5.41) is 18.6. The van der Waals surface area contributed by atoms with Gasteiger partial charge in [0, 0.05) is 11.1 Å². The van der Waals surface area contributed by atoms with E-state index >= 15 is 0 Å². The minimum Gasteiger partial charge on any atom is -0.494 e. The average Bonchev–Trinajstić information content (AvgIpc) is 3.52. The number of hydrogen-bond donors (Lipinski definition) is 0. The van der Waals surface area contributed by atoms with Crippen molar-refractivity contribution in [3.63, 3.8) is 0 Å². The predicted octanol–water partition coefficient (Wildman–Crippen LogP) is 6.64. The minimum atomic E-state index is 0.435. The first kappa shape index (κ1) is 23.1. The van der Waals surface area contributed by atoms with Crippen LogP contribution in [-0.2, 0) is 5.75 Å². The Balaban J connectivity index is 1.44. The third-order valence-corrected chi connectivity index (χ3v) is 6.47. The summed E-state index contributed by atoms with van der Waals surface area (Å²) >= 11 is 8.02. The summed E-state index contributed by atoms with van der Waals surface area (Å²) in [4.78, 5) is 0. The molecule has 0 atom stereocenters. The fraction of sp³-hybridized carbons (Fsp3) is 0.154. The van der Waals surface area contributed by atoms with Crippen LogP contribution in [0.15, 0.2) is 82.4 Å². The number of benzene rings is 3. The average molecular weight is 504 g/mol. The molecular formula is C26H22ClN5O2S. The lowest BCUT2D eigenvalue weighted by Gasteiger charge is -2.12. The number of halogens is 1. The third kappa shape index (κ3) is 5.08. The van der Waals surface area contributed by atoms with E-state index in [-0.39, 0.29) is 0 Å². The summed E-state index contributed by atoms with van der Waals surface area (Å²) in [6.45, 7) is 4.60. The third-order valence-electron chi connectivity index (χ3n) is 5.24. The van der Waals surface area contributed by atoms with E-state index in [0.29, 0.717) is 40.1 Å². The van der Waals surface area contributed by atoms with Crippen LogP contribution in [0.2, 0.25) is 5.02 Å². The Morgan fingerprint density at radius 1 is 0.886 bits per heavy atom. The van der Waals surface area contributed by atoms with Crippen LogP contribution >= 0.6 is 23.4 Å². The Hall–Kier alpha value is -3.62. The molecular weight excluding hydrogens is 482 g/mol. The molecule has 176 valence electrons. The highest BCUT2D eigenvalue weighted by Crippen LogP contribution is 2.33. The smallest absolute Gasteiger partial charge is 0.247 e. The Kier molecular flexibility index (Phi) is 6.83. The van der Waals surface area contributed by atoms with Crippen molar-refractivity contribution in [1.82, 2.24) is 25.0 Å². The van der Waals surface area contributed by atoms with Crippen molar-refractivity contribution in [2.24, 2.45) is 0 Å². The molecule has 0 aliphatic heterocycles. The molecule has 0 aliphatic rings. The van der Waals surface area contributed by atoms with E-state index in [0.717, 1.165) is 22.6 Å². The van der Waals surface area contributed by atoms with E-state index in [4.69, 9.17) is 20.8 Å². The zero-order valence-electron chi connectivity index (χ0n) is 19.2. The first-order valence-corrected chi connectivity index (χ1v) is 12.4. The fourth-order valence-electron chi connectivity index (χ4n) is 3.52. The molecule has 0 saturated carbocycles. The van der Waals surface area contributed by atoms with E-state index in [1.165, 1.54) is 17.3 Å². The van der Waals surface area contributed by atoms with Crippen LogP contribution in [0, 0.1) is 6.92 Å². The van der Waals surface area contributed by atoms with Crippen molar-refractivity contribution in [3.8, 4) is 34.3 Å². The van der Waals surface area contributed by atoms with Gasteiger partial charge in [0.2, 0.25) is 11.8 Å². The van der Waals surface area contributed by atoms with Gasteiger partial charge < -0.3 is 9.15 Å². The van der Waals surface area contributed by atoms with Crippen LogP contribution in [-0.4, -0.2) is 31.6 Å². The molecule has 35 heavy (non-hydrogen) atoms. The number of rotatable bonds is 8. The summed E-state index contributed by atoms with van der Waals surface area (Å²) in [5.41, 5.74) is 3.74. The van der Waals surface area contributed by atoms with Gasteiger partial charge in [0.25, 0.3) is 0 Å². The van der Waals surface area contributed by atoms with Crippen LogP contribution in [0.3, 0.4) is 0 Å². The van der Waals surface area contributed by atoms with Crippen LogP contribution in [0.4, 0.5) is 0 Å². The SMILES string of the molecule is CCOc1ccc(-c2nnc(SCc3nnc(-c4ccc(C)cc4)o3)n2-c2ccccc2Cl)cc1. The van der Waals surface area contributed by atoms with Gasteiger partial charge in [-0.15, -0.1) is 20.4 Å². The Labute approximate surface area is 212 Å². The Morgan fingerprint density at radius 3 is 2.37 bits per heavy atom. The van der Waals surface area contributed by atoms with Gasteiger partial charge in [-0.1, -0.05) is 53.2 Å². The summed E-state index contributed by atoms with van der Waals surface area (Å²) < 4.78 is 13.4. The maximum Gasteiger partial charge on any atom is 0.247 e. The van der Waals surface area contributed by atoms with Gasteiger partial charge in [0.05, 0.1) is 23.1 Å². The van der Waals surface area contributed by atoms with Crippen LogP contribution in [0.5, 0.6) is 5.75 Å². The van der Waals surface area contributed by atoms with Gasteiger partial charge in [-0.05, 0) is 62.4 Å². The molecule has 0 saturated heterocycles. The predicted molar refractivity (Wildman–Crippen MR) is 137 cm³/mol.